The van der Waals surface area contributed by atoms with Crippen LogP contribution in [0.2, 0.25) is 0 Å². The van der Waals surface area contributed by atoms with E-state index in [9.17, 15) is 0 Å². The molecule has 0 aliphatic heterocycles. The van der Waals surface area contributed by atoms with Crippen LogP contribution in [-0.2, 0) is 6.42 Å². The van der Waals surface area contributed by atoms with Crippen molar-refractivity contribution in [3.63, 3.8) is 0 Å². The number of aryl methyl sites for hydroxylation is 1. The average molecular weight is 176 g/mol. The Bertz CT molecular complexity index is 340. The fraction of sp³-hybridized carbons (Fsp3) is 0.400. The molecule has 0 fully saturated rings. The summed E-state index contributed by atoms with van der Waals surface area (Å²) in [5.41, 5.74) is 1.13. The first-order chi connectivity index (χ1) is 6.22. The van der Waals surface area contributed by atoms with E-state index in [2.05, 4.69) is 16.1 Å². The van der Waals surface area contributed by atoms with Gasteiger partial charge in [-0.1, -0.05) is 10.7 Å². The molecule has 0 amide bonds. The van der Waals surface area contributed by atoms with Gasteiger partial charge in [0.1, 0.15) is 0 Å². The summed E-state index contributed by atoms with van der Waals surface area (Å²) in [7, 11) is 0. The van der Waals surface area contributed by atoms with Gasteiger partial charge in [0.25, 0.3) is 5.89 Å². The maximum atomic E-state index is 5.12. The van der Waals surface area contributed by atoms with Gasteiger partial charge in [0.05, 0.1) is 0 Å². The van der Waals surface area contributed by atoms with Crippen LogP contribution in [0.1, 0.15) is 32.0 Å². The van der Waals surface area contributed by atoms with E-state index in [0.29, 0.717) is 24.6 Å². The van der Waals surface area contributed by atoms with E-state index in [-0.39, 0.29) is 0 Å². The molecule has 0 aliphatic rings. The first kappa shape index (κ1) is 9.53. The largest absolute Gasteiger partial charge is 0.335 e. The van der Waals surface area contributed by atoms with Crippen molar-refractivity contribution < 1.29 is 4.52 Å². The number of rotatable bonds is 3. The molecule has 1 aromatic heterocycles. The molecule has 0 aromatic carbocycles. The van der Waals surface area contributed by atoms with Crippen LogP contribution >= 0.6 is 0 Å². The van der Waals surface area contributed by atoms with E-state index >= 15 is 0 Å². The lowest BCUT2D eigenvalue weighted by atomic mass is 10.3. The van der Waals surface area contributed by atoms with Gasteiger partial charge >= 0.3 is 0 Å². The van der Waals surface area contributed by atoms with E-state index in [1.807, 2.05) is 19.9 Å². The summed E-state index contributed by atoms with van der Waals surface area (Å²) in [6, 6.07) is 0. The lowest BCUT2D eigenvalue weighted by Crippen LogP contribution is -1.85. The van der Waals surface area contributed by atoms with Crippen molar-refractivity contribution in [2.75, 3.05) is 0 Å². The third-order valence-electron chi connectivity index (χ3n) is 1.39. The number of allylic oxidation sites excluding steroid dienone is 1. The predicted molar refractivity (Wildman–Crippen MR) is 50.8 cm³/mol. The molecule has 1 aromatic rings. The molecule has 0 atom stereocenters. The minimum atomic E-state index is 0.548. The molecule has 0 saturated carbocycles. The summed E-state index contributed by atoms with van der Waals surface area (Å²) in [6.45, 7) is 3.95. The highest BCUT2D eigenvalue weighted by Gasteiger charge is 2.01. The number of hydrogen-bond donors (Lipinski definition) is 0. The molecule has 0 radical (unpaired) electrons. The smallest absolute Gasteiger partial charge is 0.250 e. The zero-order chi connectivity index (χ0) is 9.68. The van der Waals surface area contributed by atoms with Crippen LogP contribution in [0.15, 0.2) is 10.1 Å². The molecule has 0 aliphatic carbocycles. The van der Waals surface area contributed by atoms with Gasteiger partial charge in [0.2, 0.25) is 0 Å². The van der Waals surface area contributed by atoms with Gasteiger partial charge < -0.3 is 4.52 Å². The Morgan fingerprint density at radius 3 is 3.00 bits per heavy atom. The molecule has 3 heteroatoms. The van der Waals surface area contributed by atoms with Crippen molar-refractivity contribution in [1.29, 1.82) is 0 Å². The standard InChI is InChI=1S/C10H12N2O/c1-4-5-6-9-11-10(13-12-9)7-8(2)3/h1,7H,5-6H2,2-3H3. The molecule has 0 unspecified atom stereocenters. The van der Waals surface area contributed by atoms with Gasteiger partial charge in [-0.2, -0.15) is 4.98 Å². The summed E-state index contributed by atoms with van der Waals surface area (Å²) >= 11 is 0. The number of aromatic nitrogens is 2. The number of terminal acetylenes is 1. The van der Waals surface area contributed by atoms with Crippen LogP contribution < -0.4 is 0 Å². The Morgan fingerprint density at radius 2 is 2.38 bits per heavy atom. The van der Waals surface area contributed by atoms with E-state index in [1.165, 1.54) is 0 Å². The zero-order valence-corrected chi connectivity index (χ0v) is 7.87. The lowest BCUT2D eigenvalue weighted by Gasteiger charge is -1.83. The van der Waals surface area contributed by atoms with E-state index in [1.54, 1.807) is 0 Å². The van der Waals surface area contributed by atoms with E-state index in [4.69, 9.17) is 10.9 Å². The van der Waals surface area contributed by atoms with Crippen LogP contribution in [0.3, 0.4) is 0 Å². The van der Waals surface area contributed by atoms with Crippen molar-refractivity contribution in [2.24, 2.45) is 0 Å². The minimum absolute atomic E-state index is 0.548. The SMILES string of the molecule is C#CCCc1noc(C=C(C)C)n1. The molecule has 0 spiro atoms. The van der Waals surface area contributed by atoms with Crippen molar-refractivity contribution >= 4 is 6.08 Å². The van der Waals surface area contributed by atoms with Gasteiger partial charge in [-0.3, -0.25) is 0 Å². The molecule has 3 nitrogen and oxygen atoms in total. The molecule has 1 rings (SSSR count). The third kappa shape index (κ3) is 3.12. The monoisotopic (exact) mass is 176 g/mol. The van der Waals surface area contributed by atoms with E-state index in [0.717, 1.165) is 5.57 Å². The number of hydrogen-bond acceptors (Lipinski definition) is 3. The van der Waals surface area contributed by atoms with Crippen molar-refractivity contribution in [2.45, 2.75) is 26.7 Å². The fourth-order valence-corrected chi connectivity index (χ4v) is 0.859. The van der Waals surface area contributed by atoms with Crippen LogP contribution in [0.5, 0.6) is 0 Å². The Balaban J connectivity index is 2.65. The molecule has 1 heterocycles. The highest BCUT2D eigenvalue weighted by Crippen LogP contribution is 2.04. The minimum Gasteiger partial charge on any atom is -0.335 e. The highest BCUT2D eigenvalue weighted by molar-refractivity contribution is 5.41. The zero-order valence-electron chi connectivity index (χ0n) is 7.87. The van der Waals surface area contributed by atoms with Crippen LogP contribution in [0, 0.1) is 12.3 Å². The lowest BCUT2D eigenvalue weighted by molar-refractivity contribution is 0.403. The Hall–Kier alpha value is -1.56. The van der Waals surface area contributed by atoms with Crippen LogP contribution in [0.25, 0.3) is 6.08 Å². The van der Waals surface area contributed by atoms with Gasteiger partial charge in [0, 0.05) is 18.9 Å². The Kier molecular flexibility index (Phi) is 3.27. The normalized spacial score (nSPS) is 9.31. The van der Waals surface area contributed by atoms with Gasteiger partial charge in [-0.15, -0.1) is 12.3 Å². The van der Waals surface area contributed by atoms with Crippen molar-refractivity contribution in [3.05, 3.63) is 17.3 Å². The van der Waals surface area contributed by atoms with Crippen molar-refractivity contribution in [1.82, 2.24) is 10.1 Å². The first-order valence-electron chi connectivity index (χ1n) is 4.13. The molecule has 68 valence electrons. The van der Waals surface area contributed by atoms with E-state index < -0.39 is 0 Å². The quantitative estimate of drug-likeness (QED) is 0.662. The number of nitrogens with zero attached hydrogens (tertiary/aromatic N) is 2. The van der Waals surface area contributed by atoms with Crippen LogP contribution in [-0.4, -0.2) is 10.1 Å². The van der Waals surface area contributed by atoms with Crippen molar-refractivity contribution in [3.8, 4) is 12.3 Å². The molecule has 0 saturated heterocycles. The molecular weight excluding hydrogens is 164 g/mol. The molecule has 13 heavy (non-hydrogen) atoms. The second kappa shape index (κ2) is 4.46. The first-order valence-corrected chi connectivity index (χ1v) is 4.13. The van der Waals surface area contributed by atoms with Gasteiger partial charge in [-0.05, 0) is 13.8 Å². The van der Waals surface area contributed by atoms with Gasteiger partial charge in [-0.25, -0.2) is 0 Å². The molecule has 0 bridgehead atoms. The Morgan fingerprint density at radius 1 is 1.62 bits per heavy atom. The van der Waals surface area contributed by atoms with Gasteiger partial charge in [0.15, 0.2) is 5.82 Å². The average Bonchev–Trinajstić information content (AvgIpc) is 2.48. The summed E-state index contributed by atoms with van der Waals surface area (Å²) in [4.78, 5) is 4.14. The molecular formula is C10H12N2O. The maximum absolute atomic E-state index is 5.12. The predicted octanol–water partition coefficient (Wildman–Crippen LogP) is 2.06. The topological polar surface area (TPSA) is 38.9 Å². The maximum Gasteiger partial charge on any atom is 0.250 e. The molecule has 0 N–H and O–H groups in total. The summed E-state index contributed by atoms with van der Waals surface area (Å²) in [6.07, 6.45) is 8.28. The second-order valence-electron chi connectivity index (χ2n) is 2.97. The van der Waals surface area contributed by atoms with Crippen LogP contribution in [0.4, 0.5) is 0 Å². The Labute approximate surface area is 77.8 Å². The third-order valence-corrected chi connectivity index (χ3v) is 1.39. The summed E-state index contributed by atoms with van der Waals surface area (Å²) < 4.78 is 4.97. The summed E-state index contributed by atoms with van der Waals surface area (Å²) in [5, 5.41) is 3.78. The second-order valence-corrected chi connectivity index (χ2v) is 2.97. The highest BCUT2D eigenvalue weighted by atomic mass is 16.5. The summed E-state index contributed by atoms with van der Waals surface area (Å²) in [5.74, 6) is 3.75. The fourth-order valence-electron chi connectivity index (χ4n) is 0.859.